The topological polar surface area (TPSA) is 159 Å². The van der Waals surface area contributed by atoms with Crippen molar-refractivity contribution in [1.82, 2.24) is 0 Å². The van der Waals surface area contributed by atoms with E-state index in [1.165, 1.54) is 25.7 Å². The Morgan fingerprint density at radius 3 is 1.31 bits per heavy atom. The van der Waals surface area contributed by atoms with Gasteiger partial charge in [0, 0.05) is 0 Å². The minimum atomic E-state index is -1.11. The number of epoxide rings is 2. The van der Waals surface area contributed by atoms with E-state index in [0.717, 1.165) is 25.7 Å². The zero-order valence-electron chi connectivity index (χ0n) is 23.3. The minimum Gasteiger partial charge on any atom is -0.459 e. The molecule has 0 aromatic heterocycles. The van der Waals surface area contributed by atoms with Crippen molar-refractivity contribution >= 4 is 11.9 Å². The third-order valence-electron chi connectivity index (χ3n) is 7.02. The molecule has 0 radical (unpaired) electrons. The Morgan fingerprint density at radius 2 is 1.03 bits per heavy atom. The van der Waals surface area contributed by atoms with Crippen LogP contribution in [0.4, 0.5) is 0 Å². The number of rotatable bonds is 18. The molecule has 0 saturated carbocycles. The summed E-state index contributed by atoms with van der Waals surface area (Å²) in [6.07, 6.45) is 9.62. The lowest BCUT2D eigenvalue weighted by Crippen LogP contribution is -2.37. The van der Waals surface area contributed by atoms with Gasteiger partial charge in [-0.1, -0.05) is 52.4 Å². The lowest BCUT2D eigenvalue weighted by Gasteiger charge is -2.23. The van der Waals surface area contributed by atoms with Gasteiger partial charge in [-0.3, -0.25) is 0 Å². The smallest absolute Gasteiger partial charge is 0.338 e. The molecule has 2 aliphatic rings. The molecule has 1 aromatic rings. The van der Waals surface area contributed by atoms with Crippen LogP contribution in [0, 0.1) is 5.41 Å². The fourth-order valence-corrected chi connectivity index (χ4v) is 3.88. The van der Waals surface area contributed by atoms with E-state index in [4.69, 9.17) is 39.4 Å². The lowest BCUT2D eigenvalue weighted by atomic mass is 9.93. The standard InChI is InChI=1S/C24H34O6.C5H12O4/c1-3-5-7-9-19-21(29-19)15-27-23(25)17-11-13-18(14-12-17)24(26)28-16-22-20(30-22)10-8-6-4-2;6-1-5(2-7,3-8)4-9/h11-14,19-22H,3-10,15-16H2,1-2H3;6-9H,1-4H2. The SMILES string of the molecule is CCCCCC1OC1COC(=O)c1ccc(C(=O)OCC2OC2CCCCC)cc1.OCC(CO)(CO)CO. The highest BCUT2D eigenvalue weighted by atomic mass is 16.6. The van der Waals surface area contributed by atoms with Crippen LogP contribution < -0.4 is 0 Å². The first kappa shape index (κ1) is 33.1. The van der Waals surface area contributed by atoms with E-state index >= 15 is 0 Å². The number of unbranched alkanes of at least 4 members (excludes halogenated alkanes) is 4. The predicted molar refractivity (Wildman–Crippen MR) is 143 cm³/mol. The molecule has 10 heteroatoms. The Kier molecular flexibility index (Phi) is 14.9. The summed E-state index contributed by atoms with van der Waals surface area (Å²) >= 11 is 0. The zero-order valence-corrected chi connectivity index (χ0v) is 23.3. The van der Waals surface area contributed by atoms with E-state index in [9.17, 15) is 9.59 Å². The highest BCUT2D eigenvalue weighted by Crippen LogP contribution is 2.29. The van der Waals surface area contributed by atoms with Gasteiger partial charge >= 0.3 is 11.9 Å². The largest absolute Gasteiger partial charge is 0.459 e. The fourth-order valence-electron chi connectivity index (χ4n) is 3.88. The Bertz CT molecular complexity index is 762. The normalized spacial score (nSPS) is 21.5. The summed E-state index contributed by atoms with van der Waals surface area (Å²) in [5, 5.41) is 34.0. The van der Waals surface area contributed by atoms with Gasteiger partial charge in [-0.2, -0.15) is 0 Å². The summed E-state index contributed by atoms with van der Waals surface area (Å²) in [5.41, 5.74) is -0.285. The van der Waals surface area contributed by atoms with Crippen molar-refractivity contribution < 1.29 is 49.0 Å². The molecule has 10 nitrogen and oxygen atoms in total. The van der Waals surface area contributed by atoms with Gasteiger partial charge in [-0.05, 0) is 37.1 Å². The van der Waals surface area contributed by atoms with E-state index in [1.807, 2.05) is 0 Å². The van der Waals surface area contributed by atoms with E-state index in [0.29, 0.717) is 11.1 Å². The third kappa shape index (κ3) is 11.5. The van der Waals surface area contributed by atoms with Crippen molar-refractivity contribution in [2.75, 3.05) is 39.6 Å². The zero-order chi connectivity index (χ0) is 28.7. The Balaban J connectivity index is 0.000000510. The van der Waals surface area contributed by atoms with E-state index < -0.39 is 43.8 Å². The Hall–Kier alpha value is -2.08. The molecule has 2 heterocycles. The molecule has 2 aliphatic heterocycles. The van der Waals surface area contributed by atoms with Crippen LogP contribution >= 0.6 is 0 Å². The fraction of sp³-hybridized carbons (Fsp3) is 0.724. The molecule has 0 spiro atoms. The molecule has 0 aliphatic carbocycles. The minimum absolute atomic E-state index is 0.0236. The van der Waals surface area contributed by atoms with Crippen LogP contribution in [0.1, 0.15) is 85.9 Å². The first-order valence-corrected chi connectivity index (χ1v) is 14.1. The average molecular weight is 555 g/mol. The average Bonchev–Trinajstić information content (AvgIpc) is 3.90. The van der Waals surface area contributed by atoms with Gasteiger partial charge in [0.15, 0.2) is 0 Å². The number of ether oxygens (including phenoxy) is 4. The van der Waals surface area contributed by atoms with Crippen molar-refractivity contribution in [3.05, 3.63) is 35.4 Å². The van der Waals surface area contributed by atoms with Crippen LogP contribution in [0.5, 0.6) is 0 Å². The quantitative estimate of drug-likeness (QED) is 0.121. The molecule has 39 heavy (non-hydrogen) atoms. The van der Waals surface area contributed by atoms with Crippen LogP contribution in [-0.2, 0) is 18.9 Å². The third-order valence-corrected chi connectivity index (χ3v) is 7.02. The van der Waals surface area contributed by atoms with Crippen molar-refractivity contribution in [2.45, 2.75) is 89.6 Å². The van der Waals surface area contributed by atoms with E-state index in [1.54, 1.807) is 24.3 Å². The molecule has 2 saturated heterocycles. The summed E-state index contributed by atoms with van der Waals surface area (Å²) in [4.78, 5) is 24.4. The molecule has 4 unspecified atom stereocenters. The van der Waals surface area contributed by atoms with E-state index in [2.05, 4.69) is 13.8 Å². The van der Waals surface area contributed by atoms with Crippen molar-refractivity contribution in [1.29, 1.82) is 0 Å². The number of carbonyl (C=O) groups excluding carboxylic acids is 2. The van der Waals surface area contributed by atoms with Gasteiger partial charge in [0.25, 0.3) is 0 Å². The molecule has 2 fully saturated rings. The monoisotopic (exact) mass is 554 g/mol. The number of aliphatic hydroxyl groups is 4. The van der Waals surface area contributed by atoms with Gasteiger partial charge in [0.1, 0.15) is 25.4 Å². The molecule has 222 valence electrons. The summed E-state index contributed by atoms with van der Waals surface area (Å²) in [5.74, 6) is -0.807. The molecule has 4 N–H and O–H groups in total. The second kappa shape index (κ2) is 17.6. The van der Waals surface area contributed by atoms with Gasteiger partial charge in [0.05, 0.1) is 55.2 Å². The number of benzene rings is 1. The number of esters is 2. The maximum Gasteiger partial charge on any atom is 0.338 e. The van der Waals surface area contributed by atoms with Crippen LogP contribution in [-0.4, -0.2) is 96.4 Å². The molecular weight excluding hydrogens is 508 g/mol. The first-order chi connectivity index (χ1) is 18.9. The summed E-state index contributed by atoms with van der Waals surface area (Å²) in [7, 11) is 0. The number of hydrogen-bond donors (Lipinski definition) is 4. The second-order valence-electron chi connectivity index (χ2n) is 10.3. The second-order valence-corrected chi connectivity index (χ2v) is 10.3. The van der Waals surface area contributed by atoms with Crippen LogP contribution in [0.15, 0.2) is 24.3 Å². The Labute approximate surface area is 231 Å². The van der Waals surface area contributed by atoms with Crippen molar-refractivity contribution in [3.8, 4) is 0 Å². The predicted octanol–water partition coefficient (Wildman–Crippen LogP) is 2.64. The molecule has 0 amide bonds. The Morgan fingerprint density at radius 1 is 0.667 bits per heavy atom. The van der Waals surface area contributed by atoms with Crippen molar-refractivity contribution in [3.63, 3.8) is 0 Å². The molecule has 4 atom stereocenters. The highest BCUT2D eigenvalue weighted by molar-refractivity contribution is 5.93. The maximum absolute atomic E-state index is 12.2. The van der Waals surface area contributed by atoms with Crippen LogP contribution in [0.25, 0.3) is 0 Å². The van der Waals surface area contributed by atoms with Gasteiger partial charge in [-0.15, -0.1) is 0 Å². The van der Waals surface area contributed by atoms with E-state index in [-0.39, 0.29) is 37.6 Å². The molecule has 0 bridgehead atoms. The number of aliphatic hydroxyl groups excluding tert-OH is 4. The van der Waals surface area contributed by atoms with Crippen molar-refractivity contribution in [2.24, 2.45) is 5.41 Å². The summed E-state index contributed by atoms with van der Waals surface area (Å²) in [6.45, 7) is 3.27. The highest BCUT2D eigenvalue weighted by Gasteiger charge is 2.40. The van der Waals surface area contributed by atoms with Gasteiger partial charge in [-0.25, -0.2) is 9.59 Å². The van der Waals surface area contributed by atoms with Crippen LogP contribution in [0.2, 0.25) is 0 Å². The summed E-state index contributed by atoms with van der Waals surface area (Å²) < 4.78 is 21.7. The molecular formula is C29H46O10. The van der Waals surface area contributed by atoms with Crippen LogP contribution in [0.3, 0.4) is 0 Å². The van der Waals surface area contributed by atoms with Gasteiger partial charge in [0.2, 0.25) is 0 Å². The lowest BCUT2D eigenvalue weighted by molar-refractivity contribution is -0.0328. The molecule has 3 rings (SSSR count). The number of carbonyl (C=O) groups is 2. The molecule has 1 aromatic carbocycles. The summed E-state index contributed by atoms with van der Waals surface area (Å²) in [6, 6.07) is 6.36. The number of hydrogen-bond acceptors (Lipinski definition) is 10. The van der Waals surface area contributed by atoms with Gasteiger partial charge < -0.3 is 39.4 Å². The first-order valence-electron chi connectivity index (χ1n) is 14.1. The maximum atomic E-state index is 12.2.